The van der Waals surface area contributed by atoms with Gasteiger partial charge in [0.1, 0.15) is 17.1 Å². The second-order valence-electron chi connectivity index (χ2n) is 5.59. The molecule has 4 rings (SSSR count). The molecule has 7 heteroatoms. The number of nitrogens with one attached hydrogen (secondary N) is 1. The first-order valence-corrected chi connectivity index (χ1v) is 9.02. The van der Waals surface area contributed by atoms with Gasteiger partial charge in [0.25, 0.3) is 0 Å². The molecule has 5 nitrogen and oxygen atoms in total. The topological polar surface area (TPSA) is 51.5 Å². The molecule has 0 aliphatic rings. The number of anilines is 2. The van der Waals surface area contributed by atoms with Crippen molar-refractivity contribution in [2.75, 3.05) is 11.9 Å². The van der Waals surface area contributed by atoms with E-state index in [1.54, 1.807) is 11.3 Å². The molecule has 0 aliphatic heterocycles. The molecule has 3 heterocycles. The molecule has 0 spiro atoms. The van der Waals surface area contributed by atoms with Crippen molar-refractivity contribution in [3.05, 3.63) is 59.7 Å². The van der Waals surface area contributed by atoms with Crippen LogP contribution in [0.3, 0.4) is 0 Å². The zero-order valence-corrected chi connectivity index (χ0v) is 17.0. The molecule has 0 fully saturated rings. The van der Waals surface area contributed by atoms with Crippen LogP contribution in [-0.2, 0) is 0 Å². The number of rotatable bonds is 5. The highest BCUT2D eigenvalue weighted by Gasteiger charge is 2.14. The van der Waals surface area contributed by atoms with E-state index in [-0.39, 0.29) is 17.0 Å². The minimum absolute atomic E-state index is 0. The molecule has 1 aromatic carbocycles. The van der Waals surface area contributed by atoms with Gasteiger partial charge in [0.15, 0.2) is 5.13 Å². The smallest absolute Gasteiger partial charge is 0.187 e. The van der Waals surface area contributed by atoms with Crippen LogP contribution in [0.2, 0.25) is 0 Å². The normalized spacial score (nSPS) is 10.5. The fourth-order valence-corrected chi connectivity index (χ4v) is 3.50. The Morgan fingerprint density at radius 1 is 1.12 bits per heavy atom. The number of ether oxygens (including phenoxy) is 1. The molecule has 0 atom stereocenters. The van der Waals surface area contributed by atoms with Crippen molar-refractivity contribution in [2.45, 2.75) is 13.8 Å². The Morgan fingerprint density at radius 3 is 2.69 bits per heavy atom. The average molecular weight is 431 g/mol. The number of nitrogens with zero attached hydrogens (tertiary/aromatic N) is 3. The van der Waals surface area contributed by atoms with E-state index in [0.717, 1.165) is 39.3 Å². The van der Waals surface area contributed by atoms with Crippen molar-refractivity contribution in [3.63, 3.8) is 0 Å². The quantitative estimate of drug-likeness (QED) is 0.454. The van der Waals surface area contributed by atoms with Crippen LogP contribution in [0.4, 0.5) is 10.8 Å². The number of aromatic nitrogens is 3. The number of hydrogen-bond donors (Lipinski definition) is 1. The summed E-state index contributed by atoms with van der Waals surface area (Å²) in [6.07, 6.45) is 2.02. The summed E-state index contributed by atoms with van der Waals surface area (Å²) in [4.78, 5) is 9.34. The third-order valence-electron chi connectivity index (χ3n) is 3.87. The summed E-state index contributed by atoms with van der Waals surface area (Å²) in [7, 11) is 0. The largest absolute Gasteiger partial charge is 0.494 e. The van der Waals surface area contributed by atoms with E-state index in [1.165, 1.54) is 0 Å². The maximum atomic E-state index is 5.47. The van der Waals surface area contributed by atoms with Gasteiger partial charge in [-0.05, 0) is 50.2 Å². The van der Waals surface area contributed by atoms with Crippen molar-refractivity contribution < 1.29 is 4.74 Å². The minimum Gasteiger partial charge on any atom is -0.494 e. The zero-order valence-electron chi connectivity index (χ0n) is 14.5. The first-order chi connectivity index (χ1) is 12.2. The van der Waals surface area contributed by atoms with Crippen molar-refractivity contribution >= 4 is 44.8 Å². The van der Waals surface area contributed by atoms with Crippen molar-refractivity contribution in [1.29, 1.82) is 0 Å². The predicted octanol–water partition coefficient (Wildman–Crippen LogP) is 5.49. The number of hydrogen-bond acceptors (Lipinski definition) is 5. The lowest BCUT2D eigenvalue weighted by Crippen LogP contribution is -1.93. The molecule has 4 aromatic rings. The predicted molar refractivity (Wildman–Crippen MR) is 112 cm³/mol. The van der Waals surface area contributed by atoms with E-state index >= 15 is 0 Å². The summed E-state index contributed by atoms with van der Waals surface area (Å²) in [5.41, 5.74) is 4.86. The van der Waals surface area contributed by atoms with Crippen LogP contribution < -0.4 is 10.1 Å². The lowest BCUT2D eigenvalue weighted by molar-refractivity contribution is 0.340. The molecule has 0 saturated carbocycles. The number of benzene rings is 1. The summed E-state index contributed by atoms with van der Waals surface area (Å²) in [6.45, 7) is 4.66. The van der Waals surface area contributed by atoms with Gasteiger partial charge < -0.3 is 10.1 Å². The van der Waals surface area contributed by atoms with Crippen LogP contribution in [0.15, 0.2) is 54.0 Å². The number of aryl methyl sites for hydroxylation is 1. The van der Waals surface area contributed by atoms with Gasteiger partial charge in [-0.25, -0.2) is 9.97 Å². The molecule has 134 valence electrons. The lowest BCUT2D eigenvalue weighted by atomic mass is 10.3. The van der Waals surface area contributed by atoms with Crippen molar-refractivity contribution in [3.8, 4) is 17.1 Å². The second kappa shape index (κ2) is 7.88. The molecule has 26 heavy (non-hydrogen) atoms. The van der Waals surface area contributed by atoms with E-state index in [9.17, 15) is 0 Å². The Hall–Kier alpha value is -2.38. The monoisotopic (exact) mass is 430 g/mol. The van der Waals surface area contributed by atoms with Crippen LogP contribution >= 0.6 is 28.3 Å². The van der Waals surface area contributed by atoms with Crippen LogP contribution in [0.5, 0.6) is 5.75 Å². The Labute approximate surface area is 166 Å². The van der Waals surface area contributed by atoms with E-state index in [1.807, 2.05) is 62.5 Å². The van der Waals surface area contributed by atoms with E-state index in [4.69, 9.17) is 9.72 Å². The first-order valence-electron chi connectivity index (χ1n) is 8.14. The minimum atomic E-state index is 0. The lowest BCUT2D eigenvalue weighted by Gasteiger charge is -2.05. The molecule has 0 aliphatic carbocycles. The molecule has 3 aromatic heterocycles. The summed E-state index contributed by atoms with van der Waals surface area (Å²) < 4.78 is 7.54. The van der Waals surface area contributed by atoms with Crippen LogP contribution in [0, 0.1) is 6.92 Å². The number of halogens is 1. The van der Waals surface area contributed by atoms with Gasteiger partial charge in [0, 0.05) is 17.3 Å². The summed E-state index contributed by atoms with van der Waals surface area (Å²) >= 11 is 1.58. The van der Waals surface area contributed by atoms with Crippen LogP contribution in [0.1, 0.15) is 12.6 Å². The SMILES string of the molecule is Br.CCOc1ccc(Nc2nc(-c3c(C)nc4ccccn34)cs2)cc1. The summed E-state index contributed by atoms with van der Waals surface area (Å²) in [5, 5.41) is 6.25. The molecule has 1 N–H and O–H groups in total. The fraction of sp³-hybridized carbons (Fsp3) is 0.158. The molecule has 0 unspecified atom stereocenters. The zero-order chi connectivity index (χ0) is 17.2. The third-order valence-corrected chi connectivity index (χ3v) is 4.63. The fourth-order valence-electron chi connectivity index (χ4n) is 2.79. The second-order valence-corrected chi connectivity index (χ2v) is 6.45. The van der Waals surface area contributed by atoms with Gasteiger partial charge in [0.2, 0.25) is 0 Å². The Bertz CT molecular complexity index is 1010. The van der Waals surface area contributed by atoms with Crippen molar-refractivity contribution in [2.24, 2.45) is 0 Å². The third kappa shape index (κ3) is 3.59. The van der Waals surface area contributed by atoms with E-state index < -0.39 is 0 Å². The maximum Gasteiger partial charge on any atom is 0.187 e. The van der Waals surface area contributed by atoms with Crippen LogP contribution in [0.25, 0.3) is 17.0 Å². The number of pyridine rings is 1. The van der Waals surface area contributed by atoms with E-state index in [0.29, 0.717) is 6.61 Å². The van der Waals surface area contributed by atoms with Gasteiger partial charge in [-0.3, -0.25) is 4.40 Å². The maximum absolute atomic E-state index is 5.47. The van der Waals surface area contributed by atoms with Crippen molar-refractivity contribution in [1.82, 2.24) is 14.4 Å². The average Bonchev–Trinajstić information content (AvgIpc) is 3.19. The summed E-state index contributed by atoms with van der Waals surface area (Å²) in [6, 6.07) is 13.9. The highest BCUT2D eigenvalue weighted by molar-refractivity contribution is 8.93. The number of imidazole rings is 1. The molecule has 0 amide bonds. The van der Waals surface area contributed by atoms with Gasteiger partial charge in [-0.2, -0.15) is 0 Å². The molecule has 0 saturated heterocycles. The molecule has 0 radical (unpaired) electrons. The van der Waals surface area contributed by atoms with Gasteiger partial charge in [-0.1, -0.05) is 6.07 Å². The molecule has 0 bridgehead atoms. The highest BCUT2D eigenvalue weighted by atomic mass is 79.9. The summed E-state index contributed by atoms with van der Waals surface area (Å²) in [5.74, 6) is 0.870. The first kappa shape index (κ1) is 18.4. The van der Waals surface area contributed by atoms with E-state index in [2.05, 4.69) is 20.1 Å². The molecular formula is C19H19BrN4OS. The van der Waals surface area contributed by atoms with Gasteiger partial charge in [0.05, 0.1) is 18.0 Å². The standard InChI is InChI=1S/C19H18N4OS.BrH/c1-3-24-15-9-7-14(8-10-15)21-19-22-16(12-25-19)18-13(2)20-17-6-4-5-11-23(17)18;/h4-12H,3H2,1-2H3,(H,21,22);1H. The molecular weight excluding hydrogens is 412 g/mol. The van der Waals surface area contributed by atoms with Gasteiger partial charge >= 0.3 is 0 Å². The highest BCUT2D eigenvalue weighted by Crippen LogP contribution is 2.30. The van der Waals surface area contributed by atoms with Gasteiger partial charge in [-0.15, -0.1) is 28.3 Å². The number of thiazole rings is 1. The Morgan fingerprint density at radius 2 is 1.92 bits per heavy atom. The Kier molecular flexibility index (Phi) is 5.58. The Balaban J connectivity index is 0.00000196. The number of fused-ring (bicyclic) bond motifs is 1. The van der Waals surface area contributed by atoms with Crippen LogP contribution in [-0.4, -0.2) is 21.0 Å².